The predicted octanol–water partition coefficient (Wildman–Crippen LogP) is 6.00. The number of hydrogen-bond acceptors (Lipinski definition) is 4. The number of hydrogen-bond donors (Lipinski definition) is 1. The number of benzene rings is 3. The molecule has 0 heterocycles. The first-order valence-electron chi connectivity index (χ1n) is 10.1. The standard InChI is InChI=1S/C24H24Cl2N2O4S/c1-16(2)32-23-7-5-4-6-22(23)27-24(29)18-10-8-17(9-11-18)15-28(33(3,30)31)21-13-19(25)12-20(26)14-21/h4-14,16H,15H2,1-3H3,(H,27,29). The van der Waals surface area contributed by atoms with Gasteiger partial charge in [0.1, 0.15) is 5.75 Å². The molecule has 3 rings (SSSR count). The van der Waals surface area contributed by atoms with Crippen molar-refractivity contribution in [2.24, 2.45) is 0 Å². The molecule has 1 amide bonds. The number of nitrogens with zero attached hydrogens (tertiary/aromatic N) is 1. The van der Waals surface area contributed by atoms with Gasteiger partial charge in [-0.2, -0.15) is 0 Å². The molecule has 0 atom stereocenters. The highest BCUT2D eigenvalue weighted by atomic mass is 35.5. The maximum Gasteiger partial charge on any atom is 0.255 e. The summed E-state index contributed by atoms with van der Waals surface area (Å²) in [4.78, 5) is 12.7. The number of halogens is 2. The molecular formula is C24H24Cl2N2O4S. The van der Waals surface area contributed by atoms with Gasteiger partial charge in [0.25, 0.3) is 5.91 Å². The van der Waals surface area contributed by atoms with Gasteiger partial charge in [-0.1, -0.05) is 47.5 Å². The SMILES string of the molecule is CC(C)Oc1ccccc1NC(=O)c1ccc(CN(c2cc(Cl)cc(Cl)c2)S(C)(=O)=O)cc1. The monoisotopic (exact) mass is 506 g/mol. The summed E-state index contributed by atoms with van der Waals surface area (Å²) < 4.78 is 31.8. The van der Waals surface area contributed by atoms with Crippen LogP contribution in [0.5, 0.6) is 5.75 Å². The smallest absolute Gasteiger partial charge is 0.255 e. The first-order chi connectivity index (χ1) is 15.5. The lowest BCUT2D eigenvalue weighted by molar-refractivity contribution is 0.102. The van der Waals surface area contributed by atoms with Gasteiger partial charge in [-0.3, -0.25) is 9.10 Å². The summed E-state index contributed by atoms with van der Waals surface area (Å²) in [7, 11) is -3.61. The van der Waals surface area contributed by atoms with Crippen molar-refractivity contribution in [2.45, 2.75) is 26.5 Å². The molecule has 0 saturated carbocycles. The summed E-state index contributed by atoms with van der Waals surface area (Å²) in [6.07, 6.45) is 1.08. The van der Waals surface area contributed by atoms with E-state index in [0.29, 0.717) is 38.3 Å². The molecule has 3 aromatic rings. The van der Waals surface area contributed by atoms with Gasteiger partial charge in [-0.05, 0) is 61.9 Å². The van der Waals surface area contributed by atoms with Gasteiger partial charge >= 0.3 is 0 Å². The van der Waals surface area contributed by atoms with Crippen LogP contribution in [-0.2, 0) is 16.6 Å². The second-order valence-corrected chi connectivity index (χ2v) is 10.5. The Morgan fingerprint density at radius 3 is 2.18 bits per heavy atom. The van der Waals surface area contributed by atoms with E-state index >= 15 is 0 Å². The Balaban J connectivity index is 1.78. The van der Waals surface area contributed by atoms with Crippen molar-refractivity contribution >= 4 is 50.5 Å². The van der Waals surface area contributed by atoms with E-state index in [4.69, 9.17) is 27.9 Å². The molecule has 3 aromatic carbocycles. The Hall–Kier alpha value is -2.74. The Kier molecular flexibility index (Phi) is 7.89. The molecule has 0 aliphatic heterocycles. The number of carbonyl (C=O) groups excluding carboxylic acids is 1. The first kappa shape index (κ1) is 24.9. The maximum atomic E-state index is 12.7. The summed E-state index contributed by atoms with van der Waals surface area (Å²) in [5.74, 6) is 0.282. The van der Waals surface area contributed by atoms with Crippen LogP contribution < -0.4 is 14.4 Å². The summed E-state index contributed by atoms with van der Waals surface area (Å²) in [6.45, 7) is 3.88. The van der Waals surface area contributed by atoms with Crippen molar-refractivity contribution in [3.63, 3.8) is 0 Å². The van der Waals surface area contributed by atoms with Crippen molar-refractivity contribution in [1.82, 2.24) is 0 Å². The molecule has 0 radical (unpaired) electrons. The number of nitrogens with one attached hydrogen (secondary N) is 1. The average molecular weight is 507 g/mol. The van der Waals surface area contributed by atoms with E-state index in [-0.39, 0.29) is 18.6 Å². The molecule has 0 aromatic heterocycles. The highest BCUT2D eigenvalue weighted by molar-refractivity contribution is 7.92. The van der Waals surface area contributed by atoms with E-state index < -0.39 is 10.0 Å². The lowest BCUT2D eigenvalue weighted by Gasteiger charge is -2.23. The van der Waals surface area contributed by atoms with Gasteiger partial charge in [0.05, 0.1) is 30.3 Å². The molecule has 1 N–H and O–H groups in total. The number of carbonyl (C=O) groups is 1. The minimum Gasteiger partial charge on any atom is -0.489 e. The van der Waals surface area contributed by atoms with Gasteiger partial charge in [0.2, 0.25) is 10.0 Å². The fourth-order valence-corrected chi connectivity index (χ4v) is 4.52. The Labute approximate surface area is 204 Å². The van der Waals surface area contributed by atoms with Crippen LogP contribution >= 0.6 is 23.2 Å². The number of sulfonamides is 1. The summed E-state index contributed by atoms with van der Waals surface area (Å²) >= 11 is 12.1. The summed E-state index contributed by atoms with van der Waals surface area (Å²) in [5.41, 5.74) is 2.05. The number of amides is 1. The van der Waals surface area contributed by atoms with E-state index in [1.54, 1.807) is 36.4 Å². The molecule has 174 valence electrons. The lowest BCUT2D eigenvalue weighted by atomic mass is 10.1. The first-order valence-corrected chi connectivity index (χ1v) is 12.7. The third kappa shape index (κ3) is 6.87. The average Bonchev–Trinajstić information content (AvgIpc) is 2.72. The Morgan fingerprint density at radius 2 is 1.61 bits per heavy atom. The van der Waals surface area contributed by atoms with Crippen LogP contribution in [0.25, 0.3) is 0 Å². The maximum absolute atomic E-state index is 12.7. The number of para-hydroxylation sites is 2. The molecule has 0 saturated heterocycles. The van der Waals surface area contributed by atoms with Crippen molar-refractivity contribution in [3.05, 3.63) is 87.9 Å². The van der Waals surface area contributed by atoms with Crippen molar-refractivity contribution in [2.75, 3.05) is 15.9 Å². The second kappa shape index (κ2) is 10.5. The van der Waals surface area contributed by atoms with Crippen LogP contribution in [-0.4, -0.2) is 26.7 Å². The van der Waals surface area contributed by atoms with Gasteiger partial charge in [-0.25, -0.2) is 8.42 Å². The molecule has 9 heteroatoms. The molecule has 0 aliphatic rings. The van der Waals surface area contributed by atoms with Crippen molar-refractivity contribution in [1.29, 1.82) is 0 Å². The van der Waals surface area contributed by atoms with Crippen LogP contribution in [0.4, 0.5) is 11.4 Å². The molecule has 0 aliphatic carbocycles. The van der Waals surface area contributed by atoms with Gasteiger partial charge in [0, 0.05) is 15.6 Å². The molecule has 6 nitrogen and oxygen atoms in total. The van der Waals surface area contributed by atoms with Gasteiger partial charge < -0.3 is 10.1 Å². The third-order valence-electron chi connectivity index (χ3n) is 4.58. The van der Waals surface area contributed by atoms with Crippen molar-refractivity contribution in [3.8, 4) is 5.75 Å². The van der Waals surface area contributed by atoms with Crippen LogP contribution in [0.15, 0.2) is 66.7 Å². The van der Waals surface area contributed by atoms with E-state index in [1.165, 1.54) is 22.5 Å². The summed E-state index contributed by atoms with van der Waals surface area (Å²) in [5, 5.41) is 3.52. The lowest BCUT2D eigenvalue weighted by Crippen LogP contribution is -2.29. The predicted molar refractivity (Wildman–Crippen MR) is 134 cm³/mol. The Morgan fingerprint density at radius 1 is 1.00 bits per heavy atom. The molecular weight excluding hydrogens is 483 g/mol. The highest BCUT2D eigenvalue weighted by Crippen LogP contribution is 2.29. The quantitative estimate of drug-likeness (QED) is 0.406. The minimum absolute atomic E-state index is 0.0329. The number of ether oxygens (including phenoxy) is 1. The van der Waals surface area contributed by atoms with Crippen LogP contribution in [0.2, 0.25) is 10.0 Å². The van der Waals surface area contributed by atoms with Crippen molar-refractivity contribution < 1.29 is 17.9 Å². The summed E-state index contributed by atoms with van der Waals surface area (Å²) in [6, 6.07) is 18.5. The fourth-order valence-electron chi connectivity index (χ4n) is 3.13. The zero-order chi connectivity index (χ0) is 24.2. The largest absolute Gasteiger partial charge is 0.489 e. The highest BCUT2D eigenvalue weighted by Gasteiger charge is 2.19. The van der Waals surface area contributed by atoms with Crippen LogP contribution in [0.3, 0.4) is 0 Å². The third-order valence-corrected chi connectivity index (χ3v) is 6.15. The zero-order valence-corrected chi connectivity index (χ0v) is 20.7. The molecule has 0 bridgehead atoms. The fraction of sp³-hybridized carbons (Fsp3) is 0.208. The minimum atomic E-state index is -3.61. The van der Waals surface area contributed by atoms with Crippen LogP contribution in [0, 0.1) is 0 Å². The number of anilines is 2. The van der Waals surface area contributed by atoms with E-state index in [0.717, 1.165) is 6.26 Å². The molecule has 0 fully saturated rings. The topological polar surface area (TPSA) is 75.7 Å². The number of rotatable bonds is 8. The molecule has 33 heavy (non-hydrogen) atoms. The van der Waals surface area contributed by atoms with E-state index in [2.05, 4.69) is 5.32 Å². The van der Waals surface area contributed by atoms with Gasteiger partial charge in [-0.15, -0.1) is 0 Å². The Bertz CT molecular complexity index is 1230. The van der Waals surface area contributed by atoms with Gasteiger partial charge in [0.15, 0.2) is 0 Å². The zero-order valence-electron chi connectivity index (χ0n) is 18.4. The second-order valence-electron chi connectivity index (χ2n) is 7.71. The molecule has 0 spiro atoms. The van der Waals surface area contributed by atoms with E-state index in [9.17, 15) is 13.2 Å². The van der Waals surface area contributed by atoms with Crippen LogP contribution in [0.1, 0.15) is 29.8 Å². The normalized spacial score (nSPS) is 11.3. The molecule has 0 unspecified atom stereocenters. The van der Waals surface area contributed by atoms with E-state index in [1.807, 2.05) is 26.0 Å².